The van der Waals surface area contributed by atoms with E-state index in [0.717, 1.165) is 16.5 Å². The number of fused-ring (bicyclic) bond motifs is 1. The summed E-state index contributed by atoms with van der Waals surface area (Å²) < 4.78 is 5.09. The fourth-order valence-electron chi connectivity index (χ4n) is 2.55. The molecule has 0 fully saturated rings. The smallest absolute Gasteiger partial charge is 0.224 e. The van der Waals surface area contributed by atoms with Crippen molar-refractivity contribution in [3.8, 4) is 5.75 Å². The van der Waals surface area contributed by atoms with Gasteiger partial charge in [-0.1, -0.05) is 29.8 Å². The van der Waals surface area contributed by atoms with E-state index < -0.39 is 0 Å². The first-order chi connectivity index (χ1) is 11.2. The Hall–Kier alpha value is -2.46. The highest BCUT2D eigenvalue weighted by atomic mass is 35.5. The Morgan fingerprint density at radius 1 is 1.26 bits per heavy atom. The molecule has 0 unspecified atom stereocenters. The predicted octanol–water partition coefficient (Wildman–Crippen LogP) is 4.40. The highest BCUT2D eigenvalue weighted by Crippen LogP contribution is 2.27. The molecule has 2 N–H and O–H groups in total. The summed E-state index contributed by atoms with van der Waals surface area (Å²) in [6, 6.07) is 13.3. The number of benzene rings is 2. The molecular weight excluding hydrogens is 312 g/mol. The number of carbonyl (C=O) groups excluding carboxylic acids is 1. The predicted molar refractivity (Wildman–Crippen MR) is 93.3 cm³/mol. The first-order valence-electron chi connectivity index (χ1n) is 7.36. The van der Waals surface area contributed by atoms with Crippen LogP contribution in [0.25, 0.3) is 10.9 Å². The van der Waals surface area contributed by atoms with Crippen molar-refractivity contribution in [1.29, 1.82) is 0 Å². The van der Waals surface area contributed by atoms with Gasteiger partial charge in [-0.15, -0.1) is 0 Å². The van der Waals surface area contributed by atoms with E-state index in [2.05, 4.69) is 16.4 Å². The molecule has 0 aliphatic carbocycles. The van der Waals surface area contributed by atoms with Crippen molar-refractivity contribution in [3.63, 3.8) is 0 Å². The molecule has 0 saturated heterocycles. The van der Waals surface area contributed by atoms with Crippen molar-refractivity contribution < 1.29 is 9.53 Å². The minimum atomic E-state index is -0.0449. The molecule has 0 atom stereocenters. The second kappa shape index (κ2) is 6.75. The lowest BCUT2D eigenvalue weighted by Gasteiger charge is -2.08. The number of methoxy groups -OCH3 is 1. The van der Waals surface area contributed by atoms with Crippen molar-refractivity contribution in [2.24, 2.45) is 0 Å². The van der Waals surface area contributed by atoms with Crippen molar-refractivity contribution >= 4 is 34.1 Å². The van der Waals surface area contributed by atoms with E-state index in [1.807, 2.05) is 24.4 Å². The number of anilines is 1. The first-order valence-corrected chi connectivity index (χ1v) is 7.73. The maximum absolute atomic E-state index is 12.1. The van der Waals surface area contributed by atoms with Crippen LogP contribution in [0, 0.1) is 0 Å². The number of aromatic amines is 1. The summed E-state index contributed by atoms with van der Waals surface area (Å²) in [5, 5.41) is 4.49. The summed E-state index contributed by atoms with van der Waals surface area (Å²) in [6.45, 7) is 0. The molecule has 2 aromatic carbocycles. The van der Waals surface area contributed by atoms with Crippen LogP contribution in [0.2, 0.25) is 5.02 Å². The molecule has 1 heterocycles. The summed E-state index contributed by atoms with van der Waals surface area (Å²) in [5.41, 5.74) is 2.90. The van der Waals surface area contributed by atoms with Crippen LogP contribution < -0.4 is 10.1 Å². The molecule has 3 aromatic rings. The molecule has 23 heavy (non-hydrogen) atoms. The van der Waals surface area contributed by atoms with Gasteiger partial charge in [0.2, 0.25) is 5.91 Å². The third kappa shape index (κ3) is 3.48. The molecule has 5 heteroatoms. The summed E-state index contributed by atoms with van der Waals surface area (Å²) in [6.07, 6.45) is 3.05. The van der Waals surface area contributed by atoms with Gasteiger partial charge in [0.25, 0.3) is 0 Å². The molecule has 4 nitrogen and oxygen atoms in total. The number of aryl methyl sites for hydroxylation is 1. The Morgan fingerprint density at radius 2 is 2.09 bits per heavy atom. The summed E-state index contributed by atoms with van der Waals surface area (Å²) in [7, 11) is 1.56. The molecule has 0 bridgehead atoms. The van der Waals surface area contributed by atoms with Crippen LogP contribution in [0.4, 0.5) is 5.69 Å². The molecule has 0 aliphatic rings. The highest BCUT2D eigenvalue weighted by molar-refractivity contribution is 6.32. The van der Waals surface area contributed by atoms with Gasteiger partial charge in [0, 0.05) is 29.2 Å². The van der Waals surface area contributed by atoms with Gasteiger partial charge >= 0.3 is 0 Å². The fourth-order valence-corrected chi connectivity index (χ4v) is 2.81. The Kier molecular flexibility index (Phi) is 4.53. The lowest BCUT2D eigenvalue weighted by atomic mass is 10.1. The van der Waals surface area contributed by atoms with Gasteiger partial charge in [-0.2, -0.15) is 0 Å². The maximum Gasteiger partial charge on any atom is 0.224 e. The average molecular weight is 329 g/mol. The zero-order valence-corrected chi connectivity index (χ0v) is 13.5. The molecule has 1 aromatic heterocycles. The highest BCUT2D eigenvalue weighted by Gasteiger charge is 2.08. The van der Waals surface area contributed by atoms with Crippen LogP contribution >= 0.6 is 11.6 Å². The molecule has 0 aliphatic heterocycles. The van der Waals surface area contributed by atoms with Gasteiger partial charge in [0.15, 0.2) is 0 Å². The lowest BCUT2D eigenvalue weighted by Crippen LogP contribution is -2.12. The van der Waals surface area contributed by atoms with E-state index >= 15 is 0 Å². The fraction of sp³-hybridized carbons (Fsp3) is 0.167. The minimum Gasteiger partial charge on any atom is -0.495 e. The van der Waals surface area contributed by atoms with Crippen molar-refractivity contribution in [2.75, 3.05) is 12.4 Å². The number of amides is 1. The van der Waals surface area contributed by atoms with Crippen LogP contribution in [0.1, 0.15) is 12.0 Å². The van der Waals surface area contributed by atoms with Gasteiger partial charge in [-0.05, 0) is 36.2 Å². The maximum atomic E-state index is 12.1. The van der Waals surface area contributed by atoms with Crippen molar-refractivity contribution in [3.05, 3.63) is 59.2 Å². The Balaban J connectivity index is 1.62. The number of para-hydroxylation sites is 1. The monoisotopic (exact) mass is 328 g/mol. The number of carbonyl (C=O) groups is 1. The number of H-pyrrole nitrogens is 1. The Morgan fingerprint density at radius 3 is 2.87 bits per heavy atom. The van der Waals surface area contributed by atoms with Gasteiger partial charge in [0.1, 0.15) is 5.75 Å². The van der Waals surface area contributed by atoms with Crippen molar-refractivity contribution in [2.45, 2.75) is 12.8 Å². The molecule has 0 saturated carbocycles. The van der Waals surface area contributed by atoms with Gasteiger partial charge in [-0.3, -0.25) is 4.79 Å². The standard InChI is InChI=1S/C18H17ClN2O2/c1-23-17-8-7-13(10-15(17)19)21-18(22)9-6-12-11-20-16-5-3-2-4-14(12)16/h2-5,7-8,10-11,20H,6,9H2,1H3,(H,21,22). The van der Waals surface area contributed by atoms with E-state index in [4.69, 9.17) is 16.3 Å². The number of hydrogen-bond donors (Lipinski definition) is 2. The third-order valence-electron chi connectivity index (χ3n) is 3.73. The summed E-state index contributed by atoms with van der Waals surface area (Å²) >= 11 is 6.06. The Labute approximate surface area is 139 Å². The quantitative estimate of drug-likeness (QED) is 0.729. The topological polar surface area (TPSA) is 54.1 Å². The van der Waals surface area contributed by atoms with Gasteiger partial charge in [0.05, 0.1) is 12.1 Å². The number of hydrogen-bond acceptors (Lipinski definition) is 2. The lowest BCUT2D eigenvalue weighted by molar-refractivity contribution is -0.116. The number of aromatic nitrogens is 1. The van der Waals surface area contributed by atoms with E-state index in [1.54, 1.807) is 25.3 Å². The normalized spacial score (nSPS) is 10.7. The van der Waals surface area contributed by atoms with Crippen LogP contribution in [0.15, 0.2) is 48.7 Å². The third-order valence-corrected chi connectivity index (χ3v) is 4.03. The SMILES string of the molecule is COc1ccc(NC(=O)CCc2c[nH]c3ccccc23)cc1Cl. The molecule has 1 amide bonds. The van der Waals surface area contributed by atoms with Crippen LogP contribution in [-0.2, 0) is 11.2 Å². The number of rotatable bonds is 5. The second-order valence-corrected chi connectivity index (χ2v) is 5.66. The van der Waals surface area contributed by atoms with E-state index in [0.29, 0.717) is 29.3 Å². The summed E-state index contributed by atoms with van der Waals surface area (Å²) in [5.74, 6) is 0.542. The van der Waals surface area contributed by atoms with Crippen LogP contribution in [0.3, 0.4) is 0 Å². The number of ether oxygens (including phenoxy) is 1. The molecule has 0 radical (unpaired) electrons. The molecular formula is C18H17ClN2O2. The minimum absolute atomic E-state index is 0.0449. The average Bonchev–Trinajstić information content (AvgIpc) is 2.96. The van der Waals surface area contributed by atoms with Gasteiger partial charge < -0.3 is 15.0 Å². The van der Waals surface area contributed by atoms with Crippen LogP contribution in [0.5, 0.6) is 5.75 Å². The van der Waals surface area contributed by atoms with Gasteiger partial charge in [-0.25, -0.2) is 0 Å². The zero-order valence-electron chi connectivity index (χ0n) is 12.7. The largest absolute Gasteiger partial charge is 0.495 e. The Bertz CT molecular complexity index is 842. The number of nitrogens with one attached hydrogen (secondary N) is 2. The zero-order chi connectivity index (χ0) is 16.2. The van der Waals surface area contributed by atoms with E-state index in [1.165, 1.54) is 0 Å². The van der Waals surface area contributed by atoms with E-state index in [9.17, 15) is 4.79 Å². The van der Waals surface area contributed by atoms with E-state index in [-0.39, 0.29) is 5.91 Å². The van der Waals surface area contributed by atoms with Crippen LogP contribution in [-0.4, -0.2) is 18.0 Å². The van der Waals surface area contributed by atoms with Crippen molar-refractivity contribution in [1.82, 2.24) is 4.98 Å². The first kappa shape index (κ1) is 15.4. The second-order valence-electron chi connectivity index (χ2n) is 5.26. The molecule has 3 rings (SSSR count). The molecule has 0 spiro atoms. The molecule has 118 valence electrons. The summed E-state index contributed by atoms with van der Waals surface area (Å²) in [4.78, 5) is 15.3. The number of halogens is 1.